The van der Waals surface area contributed by atoms with Crippen molar-refractivity contribution < 1.29 is 13.9 Å². The van der Waals surface area contributed by atoms with Crippen LogP contribution in [0.4, 0.5) is 8.78 Å². The minimum absolute atomic E-state index is 0.231. The van der Waals surface area contributed by atoms with Crippen molar-refractivity contribution in [2.45, 2.75) is 6.10 Å². The monoisotopic (exact) mass is 226 g/mol. The Bertz CT molecular complexity index is 433. The highest BCUT2D eigenvalue weighted by Crippen LogP contribution is 2.26. The van der Waals surface area contributed by atoms with Crippen LogP contribution < -0.4 is 0 Å². The van der Waals surface area contributed by atoms with Gasteiger partial charge in [0.2, 0.25) is 0 Å². The van der Waals surface area contributed by atoms with Gasteiger partial charge in [-0.05, 0) is 29.1 Å². The molecule has 1 atom stereocenters. The van der Waals surface area contributed by atoms with Crippen LogP contribution in [0.25, 0.3) is 0 Å². The second-order valence-electron chi connectivity index (χ2n) is 3.12. The lowest BCUT2D eigenvalue weighted by atomic mass is 10.1. The van der Waals surface area contributed by atoms with Gasteiger partial charge in [-0.3, -0.25) is 0 Å². The average molecular weight is 226 g/mol. The van der Waals surface area contributed by atoms with Crippen molar-refractivity contribution >= 4 is 11.3 Å². The summed E-state index contributed by atoms with van der Waals surface area (Å²) >= 11 is 1.34. The molecule has 0 saturated heterocycles. The van der Waals surface area contributed by atoms with Gasteiger partial charge in [-0.25, -0.2) is 8.78 Å². The van der Waals surface area contributed by atoms with Crippen LogP contribution in [0.5, 0.6) is 0 Å². The summed E-state index contributed by atoms with van der Waals surface area (Å²) in [5.41, 5.74) is 0.231. The third-order valence-corrected chi connectivity index (χ3v) is 2.94. The number of hydrogen-bond acceptors (Lipinski definition) is 2. The van der Waals surface area contributed by atoms with Crippen molar-refractivity contribution in [3.63, 3.8) is 0 Å². The first-order valence-corrected chi connectivity index (χ1v) is 5.22. The number of benzene rings is 1. The van der Waals surface area contributed by atoms with E-state index >= 15 is 0 Å². The Balaban J connectivity index is 2.37. The fourth-order valence-electron chi connectivity index (χ4n) is 1.34. The van der Waals surface area contributed by atoms with E-state index in [9.17, 15) is 13.9 Å². The minimum atomic E-state index is -0.963. The molecule has 0 saturated carbocycles. The molecule has 2 aromatic rings. The van der Waals surface area contributed by atoms with Crippen LogP contribution in [0.2, 0.25) is 0 Å². The van der Waals surface area contributed by atoms with Crippen molar-refractivity contribution in [3.05, 3.63) is 57.8 Å². The fourth-order valence-corrected chi connectivity index (χ4v) is 2.08. The van der Waals surface area contributed by atoms with Gasteiger partial charge in [0.05, 0.1) is 0 Å². The molecule has 0 aliphatic carbocycles. The van der Waals surface area contributed by atoms with Gasteiger partial charge >= 0.3 is 0 Å². The van der Waals surface area contributed by atoms with Crippen LogP contribution >= 0.6 is 11.3 Å². The van der Waals surface area contributed by atoms with Crippen molar-refractivity contribution in [2.75, 3.05) is 0 Å². The van der Waals surface area contributed by atoms with Crippen molar-refractivity contribution in [1.82, 2.24) is 0 Å². The predicted molar refractivity (Wildman–Crippen MR) is 54.7 cm³/mol. The van der Waals surface area contributed by atoms with E-state index in [0.29, 0.717) is 4.88 Å². The minimum Gasteiger partial charge on any atom is -0.383 e. The zero-order valence-electron chi connectivity index (χ0n) is 7.65. The standard InChI is InChI=1S/C11H8F2OS/c12-8-4-7(5-9(13)6-8)11(14)10-2-1-3-15-10/h1-6,11,14H. The summed E-state index contributed by atoms with van der Waals surface area (Å²) in [6.45, 7) is 0. The highest BCUT2D eigenvalue weighted by molar-refractivity contribution is 7.10. The van der Waals surface area contributed by atoms with E-state index in [0.717, 1.165) is 18.2 Å². The van der Waals surface area contributed by atoms with Crippen LogP contribution in [0.1, 0.15) is 16.5 Å². The summed E-state index contributed by atoms with van der Waals surface area (Å²) < 4.78 is 25.8. The third kappa shape index (κ3) is 2.22. The van der Waals surface area contributed by atoms with E-state index in [4.69, 9.17) is 0 Å². The molecule has 0 bridgehead atoms. The van der Waals surface area contributed by atoms with Gasteiger partial charge in [-0.1, -0.05) is 6.07 Å². The summed E-state index contributed by atoms with van der Waals surface area (Å²) in [7, 11) is 0. The molecular formula is C11H8F2OS. The first-order valence-electron chi connectivity index (χ1n) is 4.34. The SMILES string of the molecule is OC(c1cc(F)cc(F)c1)c1cccs1. The highest BCUT2D eigenvalue weighted by Gasteiger charge is 2.13. The van der Waals surface area contributed by atoms with E-state index < -0.39 is 17.7 Å². The predicted octanol–water partition coefficient (Wildman–Crippen LogP) is 3.11. The Morgan fingerprint density at radius 3 is 2.33 bits per heavy atom. The molecule has 2 rings (SSSR count). The Labute approximate surface area is 89.6 Å². The Morgan fingerprint density at radius 1 is 1.13 bits per heavy atom. The van der Waals surface area contributed by atoms with E-state index in [1.807, 2.05) is 0 Å². The number of rotatable bonds is 2. The smallest absolute Gasteiger partial charge is 0.126 e. The van der Waals surface area contributed by atoms with Crippen molar-refractivity contribution in [2.24, 2.45) is 0 Å². The topological polar surface area (TPSA) is 20.2 Å². The van der Waals surface area contributed by atoms with E-state index in [-0.39, 0.29) is 5.56 Å². The molecule has 78 valence electrons. The maximum Gasteiger partial charge on any atom is 0.126 e. The van der Waals surface area contributed by atoms with Gasteiger partial charge < -0.3 is 5.11 Å². The summed E-state index contributed by atoms with van der Waals surface area (Å²) in [5, 5.41) is 11.6. The molecule has 0 aliphatic heterocycles. The van der Waals surface area contributed by atoms with Crippen LogP contribution in [0.15, 0.2) is 35.7 Å². The summed E-state index contributed by atoms with van der Waals surface area (Å²) in [6, 6.07) is 6.54. The average Bonchev–Trinajstić information content (AvgIpc) is 2.67. The van der Waals surface area contributed by atoms with Gasteiger partial charge in [0.25, 0.3) is 0 Å². The lowest BCUT2D eigenvalue weighted by Crippen LogP contribution is -1.98. The maximum atomic E-state index is 12.9. The summed E-state index contributed by atoms with van der Waals surface area (Å²) in [6.07, 6.45) is -0.963. The normalized spacial score (nSPS) is 12.7. The van der Waals surface area contributed by atoms with Crippen molar-refractivity contribution in [1.29, 1.82) is 0 Å². The molecule has 1 aromatic heterocycles. The zero-order valence-corrected chi connectivity index (χ0v) is 8.47. The Kier molecular flexibility index (Phi) is 2.79. The van der Waals surface area contributed by atoms with Gasteiger partial charge in [0.1, 0.15) is 17.7 Å². The summed E-state index contributed by atoms with van der Waals surface area (Å²) in [4.78, 5) is 0.667. The number of thiophene rings is 1. The van der Waals surface area contributed by atoms with E-state index in [1.165, 1.54) is 11.3 Å². The molecule has 15 heavy (non-hydrogen) atoms. The van der Waals surface area contributed by atoms with Crippen LogP contribution in [-0.4, -0.2) is 5.11 Å². The van der Waals surface area contributed by atoms with Crippen LogP contribution in [0.3, 0.4) is 0 Å². The second kappa shape index (κ2) is 4.08. The molecule has 0 aliphatic rings. The van der Waals surface area contributed by atoms with Crippen LogP contribution in [-0.2, 0) is 0 Å². The maximum absolute atomic E-state index is 12.9. The molecule has 1 nitrogen and oxygen atoms in total. The molecule has 1 aromatic carbocycles. The van der Waals surface area contributed by atoms with Crippen LogP contribution in [0, 0.1) is 11.6 Å². The van der Waals surface area contributed by atoms with Gasteiger partial charge in [-0.2, -0.15) is 0 Å². The van der Waals surface area contributed by atoms with Gasteiger partial charge in [-0.15, -0.1) is 11.3 Å². The highest BCUT2D eigenvalue weighted by atomic mass is 32.1. The molecule has 1 N–H and O–H groups in total. The number of aliphatic hydroxyl groups excluding tert-OH is 1. The molecule has 0 radical (unpaired) electrons. The molecule has 0 fully saturated rings. The molecule has 1 heterocycles. The zero-order chi connectivity index (χ0) is 10.8. The third-order valence-electron chi connectivity index (χ3n) is 2.01. The molecular weight excluding hydrogens is 218 g/mol. The largest absolute Gasteiger partial charge is 0.383 e. The first kappa shape index (κ1) is 10.3. The number of halogens is 2. The quantitative estimate of drug-likeness (QED) is 0.834. The Morgan fingerprint density at radius 2 is 1.80 bits per heavy atom. The molecule has 0 amide bonds. The lowest BCUT2D eigenvalue weighted by Gasteiger charge is -2.08. The molecule has 1 unspecified atom stereocenters. The van der Waals surface area contributed by atoms with Gasteiger partial charge in [0, 0.05) is 10.9 Å². The number of hydrogen-bond donors (Lipinski definition) is 1. The lowest BCUT2D eigenvalue weighted by molar-refractivity contribution is 0.223. The van der Waals surface area contributed by atoms with Gasteiger partial charge in [0.15, 0.2) is 0 Å². The second-order valence-corrected chi connectivity index (χ2v) is 4.10. The van der Waals surface area contributed by atoms with E-state index in [2.05, 4.69) is 0 Å². The first-order chi connectivity index (χ1) is 7.16. The number of aliphatic hydroxyl groups is 1. The molecule has 0 spiro atoms. The fraction of sp³-hybridized carbons (Fsp3) is 0.0909. The van der Waals surface area contributed by atoms with Crippen molar-refractivity contribution in [3.8, 4) is 0 Å². The van der Waals surface area contributed by atoms with E-state index in [1.54, 1.807) is 17.5 Å². The Hall–Kier alpha value is -1.26. The summed E-state index contributed by atoms with van der Waals surface area (Å²) in [5.74, 6) is -1.36. The molecule has 4 heteroatoms.